The van der Waals surface area contributed by atoms with Gasteiger partial charge in [-0.2, -0.15) is 0 Å². The van der Waals surface area contributed by atoms with Gasteiger partial charge in [-0.3, -0.25) is 9.69 Å². The minimum absolute atomic E-state index is 0.188. The number of ether oxygens (including phenoxy) is 1. The van der Waals surface area contributed by atoms with Gasteiger partial charge in [0.05, 0.1) is 12.2 Å². The largest absolute Gasteiger partial charge is 0.480 e. The van der Waals surface area contributed by atoms with Gasteiger partial charge in [0.15, 0.2) is 0 Å². The van der Waals surface area contributed by atoms with E-state index in [0.29, 0.717) is 26.1 Å². The molecule has 0 aliphatic carbocycles. The van der Waals surface area contributed by atoms with Crippen LogP contribution in [-0.2, 0) is 22.5 Å². The van der Waals surface area contributed by atoms with Gasteiger partial charge >= 0.3 is 5.97 Å². The van der Waals surface area contributed by atoms with Gasteiger partial charge in [-0.25, -0.2) is 0 Å². The van der Waals surface area contributed by atoms with Crippen LogP contribution in [0.25, 0.3) is 0 Å². The molecule has 20 heavy (non-hydrogen) atoms. The maximum absolute atomic E-state index is 11.5. The monoisotopic (exact) mass is 277 g/mol. The number of hydrogen-bond acceptors (Lipinski definition) is 3. The van der Waals surface area contributed by atoms with Crippen molar-refractivity contribution < 1.29 is 14.6 Å². The van der Waals surface area contributed by atoms with Crippen LogP contribution in [0.1, 0.15) is 31.9 Å². The summed E-state index contributed by atoms with van der Waals surface area (Å²) >= 11 is 0. The van der Waals surface area contributed by atoms with Crippen LogP contribution in [0.2, 0.25) is 0 Å². The molecular weight excluding hydrogens is 254 g/mol. The molecule has 1 aliphatic rings. The van der Waals surface area contributed by atoms with Crippen LogP contribution in [0.3, 0.4) is 0 Å². The minimum atomic E-state index is -0.754. The molecule has 0 spiro atoms. The molecule has 110 valence electrons. The van der Waals surface area contributed by atoms with Crippen molar-refractivity contribution in [2.75, 3.05) is 13.2 Å². The Bertz CT molecular complexity index is 479. The van der Waals surface area contributed by atoms with Crippen molar-refractivity contribution in [3.05, 3.63) is 35.4 Å². The smallest absolute Gasteiger partial charge is 0.321 e. The van der Waals surface area contributed by atoms with E-state index >= 15 is 0 Å². The molecule has 1 aliphatic heterocycles. The predicted molar refractivity (Wildman–Crippen MR) is 77.7 cm³/mol. The highest BCUT2D eigenvalue weighted by molar-refractivity contribution is 5.74. The molecule has 1 aromatic rings. The third-order valence-corrected chi connectivity index (χ3v) is 3.54. The van der Waals surface area contributed by atoms with E-state index in [1.54, 1.807) is 0 Å². The number of fused-ring (bicyclic) bond motifs is 1. The van der Waals surface area contributed by atoms with Gasteiger partial charge in [0, 0.05) is 13.1 Å². The second-order valence-corrected chi connectivity index (χ2v) is 6.26. The second-order valence-electron chi connectivity index (χ2n) is 6.26. The molecule has 0 radical (unpaired) electrons. The van der Waals surface area contributed by atoms with Gasteiger partial charge in [0.1, 0.15) is 6.04 Å². The topological polar surface area (TPSA) is 49.8 Å². The highest BCUT2D eigenvalue weighted by Gasteiger charge is 2.31. The molecule has 1 heterocycles. The average molecular weight is 277 g/mol. The summed E-state index contributed by atoms with van der Waals surface area (Å²) in [6.45, 7) is 7.90. The van der Waals surface area contributed by atoms with E-state index in [-0.39, 0.29) is 5.60 Å². The number of carboxylic acid groups (broad SMARTS) is 1. The van der Waals surface area contributed by atoms with E-state index in [1.165, 1.54) is 5.56 Å². The average Bonchev–Trinajstić information content (AvgIpc) is 2.36. The van der Waals surface area contributed by atoms with Crippen LogP contribution in [0.4, 0.5) is 0 Å². The van der Waals surface area contributed by atoms with Crippen LogP contribution in [0.5, 0.6) is 0 Å². The quantitative estimate of drug-likeness (QED) is 0.917. The van der Waals surface area contributed by atoms with Gasteiger partial charge in [-0.1, -0.05) is 24.3 Å². The van der Waals surface area contributed by atoms with Crippen molar-refractivity contribution in [2.24, 2.45) is 0 Å². The van der Waals surface area contributed by atoms with Gasteiger partial charge in [0.2, 0.25) is 0 Å². The Balaban J connectivity index is 2.05. The normalized spacial score (nSPS) is 19.6. The molecule has 4 nitrogen and oxygen atoms in total. The van der Waals surface area contributed by atoms with Crippen molar-refractivity contribution in [1.82, 2.24) is 4.90 Å². The zero-order chi connectivity index (χ0) is 14.8. The summed E-state index contributed by atoms with van der Waals surface area (Å²) in [5, 5.41) is 9.41. The molecule has 0 saturated carbocycles. The molecule has 1 N–H and O–H groups in total. The number of hydrogen-bond donors (Lipinski definition) is 1. The van der Waals surface area contributed by atoms with Crippen molar-refractivity contribution in [1.29, 1.82) is 0 Å². The first-order valence-corrected chi connectivity index (χ1v) is 7.04. The molecule has 0 saturated heterocycles. The van der Waals surface area contributed by atoms with Crippen LogP contribution < -0.4 is 0 Å². The minimum Gasteiger partial charge on any atom is -0.480 e. The highest BCUT2D eigenvalue weighted by Crippen LogP contribution is 2.23. The first kappa shape index (κ1) is 15.0. The summed E-state index contributed by atoms with van der Waals surface area (Å²) < 4.78 is 5.71. The molecule has 0 amide bonds. The third-order valence-electron chi connectivity index (χ3n) is 3.54. The number of benzene rings is 1. The first-order chi connectivity index (χ1) is 9.37. The van der Waals surface area contributed by atoms with Crippen molar-refractivity contribution >= 4 is 5.97 Å². The summed E-state index contributed by atoms with van der Waals surface area (Å²) in [5.74, 6) is -0.754. The maximum Gasteiger partial charge on any atom is 0.321 e. The predicted octanol–water partition coefficient (Wildman–Crippen LogP) is 2.31. The third kappa shape index (κ3) is 3.81. The van der Waals surface area contributed by atoms with Crippen molar-refractivity contribution in [3.63, 3.8) is 0 Å². The van der Waals surface area contributed by atoms with Gasteiger partial charge in [-0.05, 0) is 38.3 Å². The standard InChI is InChI=1S/C16H23NO3/c1-16(2,3)20-9-8-17-11-13-7-5-4-6-12(13)10-14(17)15(18)19/h4-7,14H,8-11H2,1-3H3,(H,18,19). The molecule has 4 heteroatoms. The Hall–Kier alpha value is -1.39. The first-order valence-electron chi connectivity index (χ1n) is 7.04. The zero-order valence-electron chi connectivity index (χ0n) is 12.4. The summed E-state index contributed by atoms with van der Waals surface area (Å²) in [7, 11) is 0. The van der Waals surface area contributed by atoms with Crippen LogP contribution >= 0.6 is 0 Å². The maximum atomic E-state index is 11.5. The summed E-state index contributed by atoms with van der Waals surface area (Å²) in [6, 6.07) is 7.62. The molecule has 0 bridgehead atoms. The lowest BCUT2D eigenvalue weighted by atomic mass is 9.94. The summed E-state index contributed by atoms with van der Waals surface area (Å²) in [6.07, 6.45) is 0.570. The van der Waals surface area contributed by atoms with Crippen molar-refractivity contribution in [3.8, 4) is 0 Å². The van der Waals surface area contributed by atoms with Gasteiger partial charge in [-0.15, -0.1) is 0 Å². The fourth-order valence-electron chi connectivity index (χ4n) is 2.52. The highest BCUT2D eigenvalue weighted by atomic mass is 16.5. The van der Waals surface area contributed by atoms with Crippen molar-refractivity contribution in [2.45, 2.75) is 45.4 Å². The van der Waals surface area contributed by atoms with Crippen LogP contribution in [-0.4, -0.2) is 40.8 Å². The van der Waals surface area contributed by atoms with E-state index in [2.05, 4.69) is 6.07 Å². The second kappa shape index (κ2) is 5.94. The fourth-order valence-corrected chi connectivity index (χ4v) is 2.52. The number of rotatable bonds is 4. The Kier molecular flexibility index (Phi) is 4.45. The summed E-state index contributed by atoms with van der Waals surface area (Å²) in [4.78, 5) is 13.4. The van der Waals surface area contributed by atoms with E-state index in [4.69, 9.17) is 4.74 Å². The lowest BCUT2D eigenvalue weighted by Gasteiger charge is -2.35. The van der Waals surface area contributed by atoms with Gasteiger partial charge in [0.25, 0.3) is 0 Å². The molecule has 0 fully saturated rings. The number of carboxylic acids is 1. The Labute approximate surface area is 120 Å². The van der Waals surface area contributed by atoms with Crippen LogP contribution in [0.15, 0.2) is 24.3 Å². The van der Waals surface area contributed by atoms with Crippen LogP contribution in [0, 0.1) is 0 Å². The lowest BCUT2D eigenvalue weighted by Crippen LogP contribution is -2.47. The Morgan fingerprint density at radius 2 is 2.00 bits per heavy atom. The van der Waals surface area contributed by atoms with E-state index in [9.17, 15) is 9.90 Å². The number of carbonyl (C=O) groups is 1. The fraction of sp³-hybridized carbons (Fsp3) is 0.562. The van der Waals surface area contributed by atoms with E-state index in [1.807, 2.05) is 43.9 Å². The Morgan fingerprint density at radius 1 is 1.35 bits per heavy atom. The Morgan fingerprint density at radius 3 is 2.60 bits per heavy atom. The summed E-state index contributed by atoms with van der Waals surface area (Å²) in [5.41, 5.74) is 2.18. The number of aliphatic carboxylic acids is 1. The molecule has 1 unspecified atom stereocenters. The zero-order valence-corrected chi connectivity index (χ0v) is 12.4. The molecule has 2 rings (SSSR count). The SMILES string of the molecule is CC(C)(C)OCCN1Cc2ccccc2CC1C(=O)O. The van der Waals surface area contributed by atoms with E-state index < -0.39 is 12.0 Å². The molecule has 1 atom stereocenters. The lowest BCUT2D eigenvalue weighted by molar-refractivity contribution is -0.144. The molecule has 0 aromatic heterocycles. The number of nitrogens with zero attached hydrogens (tertiary/aromatic N) is 1. The molecular formula is C16H23NO3. The van der Waals surface area contributed by atoms with E-state index in [0.717, 1.165) is 5.56 Å². The molecule has 1 aromatic carbocycles. The van der Waals surface area contributed by atoms with Gasteiger partial charge < -0.3 is 9.84 Å².